The number of aryl methyl sites for hydroxylation is 1. The molecule has 0 spiro atoms. The first kappa shape index (κ1) is 11.2. The van der Waals surface area contributed by atoms with E-state index in [1.165, 1.54) is 6.42 Å². The number of halogens is 1. The van der Waals surface area contributed by atoms with E-state index in [-0.39, 0.29) is 11.8 Å². The van der Waals surface area contributed by atoms with Crippen molar-refractivity contribution in [3.8, 4) is 0 Å². The van der Waals surface area contributed by atoms with Crippen LogP contribution in [-0.2, 0) is 4.79 Å². The van der Waals surface area contributed by atoms with Gasteiger partial charge in [-0.05, 0) is 66.1 Å². The lowest BCUT2D eigenvalue weighted by atomic mass is 10.0. The van der Waals surface area contributed by atoms with Crippen molar-refractivity contribution >= 4 is 27.7 Å². The predicted octanol–water partition coefficient (Wildman–Crippen LogP) is 3.14. The van der Waals surface area contributed by atoms with E-state index in [1.807, 2.05) is 19.1 Å². The zero-order valence-corrected chi connectivity index (χ0v) is 11.3. The molecule has 0 aliphatic heterocycles. The third-order valence-electron chi connectivity index (χ3n) is 3.89. The van der Waals surface area contributed by atoms with E-state index in [1.54, 1.807) is 0 Å². The van der Waals surface area contributed by atoms with Gasteiger partial charge in [-0.1, -0.05) is 0 Å². The van der Waals surface area contributed by atoms with Crippen molar-refractivity contribution in [2.24, 2.45) is 17.8 Å². The maximum absolute atomic E-state index is 12.0. The van der Waals surface area contributed by atoms with Crippen LogP contribution in [0.15, 0.2) is 16.6 Å². The molecule has 17 heavy (non-hydrogen) atoms. The molecule has 0 aromatic carbocycles. The summed E-state index contributed by atoms with van der Waals surface area (Å²) in [5.74, 6) is 2.70. The molecule has 2 saturated carbocycles. The molecule has 2 unspecified atom stereocenters. The summed E-state index contributed by atoms with van der Waals surface area (Å²) in [6.07, 6.45) is 3.50. The van der Waals surface area contributed by atoms with E-state index in [9.17, 15) is 4.79 Å². The Labute approximate surface area is 109 Å². The van der Waals surface area contributed by atoms with Gasteiger partial charge in [0.15, 0.2) is 0 Å². The first-order chi connectivity index (χ1) is 8.13. The summed E-state index contributed by atoms with van der Waals surface area (Å²) in [5, 5.41) is 2.92. The molecule has 2 aliphatic rings. The van der Waals surface area contributed by atoms with E-state index in [2.05, 4.69) is 26.2 Å². The van der Waals surface area contributed by atoms with E-state index in [0.29, 0.717) is 5.82 Å². The second-order valence-corrected chi connectivity index (χ2v) is 6.03. The highest BCUT2D eigenvalue weighted by Gasteiger charge is 2.47. The third kappa shape index (κ3) is 2.23. The summed E-state index contributed by atoms with van der Waals surface area (Å²) in [6.45, 7) is 1.92. The maximum Gasteiger partial charge on any atom is 0.228 e. The topological polar surface area (TPSA) is 42.0 Å². The van der Waals surface area contributed by atoms with E-state index < -0.39 is 0 Å². The van der Waals surface area contributed by atoms with Gasteiger partial charge >= 0.3 is 0 Å². The minimum absolute atomic E-state index is 0.145. The van der Waals surface area contributed by atoms with Crippen LogP contribution in [0.4, 0.5) is 5.82 Å². The van der Waals surface area contributed by atoms with Gasteiger partial charge in [-0.25, -0.2) is 4.98 Å². The molecule has 2 atom stereocenters. The van der Waals surface area contributed by atoms with Crippen LogP contribution < -0.4 is 5.32 Å². The monoisotopic (exact) mass is 294 g/mol. The Morgan fingerprint density at radius 3 is 2.71 bits per heavy atom. The van der Waals surface area contributed by atoms with E-state index >= 15 is 0 Å². The summed E-state index contributed by atoms with van der Waals surface area (Å²) in [6, 6.07) is 3.76. The third-order valence-corrected chi connectivity index (χ3v) is 4.73. The Morgan fingerprint density at radius 1 is 1.35 bits per heavy atom. The predicted molar refractivity (Wildman–Crippen MR) is 69.6 cm³/mol. The highest BCUT2D eigenvalue weighted by atomic mass is 79.9. The summed E-state index contributed by atoms with van der Waals surface area (Å²) in [7, 11) is 0. The summed E-state index contributed by atoms with van der Waals surface area (Å²) < 4.78 is 0.970. The Bertz CT molecular complexity index is 464. The lowest BCUT2D eigenvalue weighted by Crippen LogP contribution is -2.22. The molecular formula is C13H15BrN2O. The molecule has 1 N–H and O–H groups in total. The number of nitrogens with zero attached hydrogens (tertiary/aromatic N) is 1. The fourth-order valence-electron chi connectivity index (χ4n) is 2.77. The van der Waals surface area contributed by atoms with Gasteiger partial charge < -0.3 is 5.32 Å². The highest BCUT2D eigenvalue weighted by Crippen LogP contribution is 2.54. The van der Waals surface area contributed by atoms with Crippen molar-refractivity contribution in [1.29, 1.82) is 0 Å². The quantitative estimate of drug-likeness (QED) is 0.910. The minimum atomic E-state index is 0.145. The normalized spacial score (nSPS) is 29.9. The molecule has 0 radical (unpaired) electrons. The number of carbonyl (C=O) groups is 1. The fraction of sp³-hybridized carbons (Fsp3) is 0.538. The van der Waals surface area contributed by atoms with Gasteiger partial charge in [0.1, 0.15) is 5.82 Å². The van der Waals surface area contributed by atoms with Crippen molar-refractivity contribution in [3.05, 3.63) is 22.3 Å². The summed E-state index contributed by atoms with van der Waals surface area (Å²) in [4.78, 5) is 16.3. The van der Waals surface area contributed by atoms with Crippen LogP contribution >= 0.6 is 15.9 Å². The zero-order chi connectivity index (χ0) is 12.0. The van der Waals surface area contributed by atoms with Crippen LogP contribution in [0.3, 0.4) is 0 Å². The Kier molecular flexibility index (Phi) is 2.69. The lowest BCUT2D eigenvalue weighted by molar-refractivity contribution is -0.120. The van der Waals surface area contributed by atoms with Gasteiger partial charge in [-0.3, -0.25) is 4.79 Å². The molecule has 1 aromatic heterocycles. The molecule has 3 rings (SSSR count). The number of amides is 1. The van der Waals surface area contributed by atoms with Gasteiger partial charge in [0.25, 0.3) is 0 Å². The molecule has 0 bridgehead atoms. The molecule has 1 aromatic rings. The molecule has 2 fully saturated rings. The number of fused-ring (bicyclic) bond motifs is 1. The van der Waals surface area contributed by atoms with Gasteiger partial charge in [0, 0.05) is 10.4 Å². The number of carbonyl (C=O) groups excluding carboxylic acids is 1. The number of anilines is 1. The van der Waals surface area contributed by atoms with Crippen molar-refractivity contribution in [1.82, 2.24) is 4.98 Å². The molecule has 4 heteroatoms. The van der Waals surface area contributed by atoms with Crippen LogP contribution in [0.1, 0.15) is 25.0 Å². The Hall–Kier alpha value is -0.900. The smallest absolute Gasteiger partial charge is 0.228 e. The Morgan fingerprint density at radius 2 is 2.06 bits per heavy atom. The van der Waals surface area contributed by atoms with Crippen LogP contribution in [0.25, 0.3) is 0 Å². The SMILES string of the molecule is Cc1nc(NC(=O)C2CC3CC3C2)ccc1Br. The highest BCUT2D eigenvalue weighted by molar-refractivity contribution is 9.10. The van der Waals surface area contributed by atoms with Crippen LogP contribution in [-0.4, -0.2) is 10.9 Å². The first-order valence-electron chi connectivity index (χ1n) is 6.07. The number of nitrogens with one attached hydrogen (secondary N) is 1. The van der Waals surface area contributed by atoms with Crippen molar-refractivity contribution in [2.45, 2.75) is 26.2 Å². The average Bonchev–Trinajstić information content (AvgIpc) is 2.91. The lowest BCUT2D eigenvalue weighted by Gasteiger charge is -2.12. The summed E-state index contributed by atoms with van der Waals surface area (Å²) in [5.41, 5.74) is 0.900. The molecule has 1 amide bonds. The second kappa shape index (κ2) is 4.09. The number of pyridine rings is 1. The average molecular weight is 295 g/mol. The van der Waals surface area contributed by atoms with E-state index in [4.69, 9.17) is 0 Å². The van der Waals surface area contributed by atoms with Crippen LogP contribution in [0.5, 0.6) is 0 Å². The van der Waals surface area contributed by atoms with E-state index in [0.717, 1.165) is 34.8 Å². The largest absolute Gasteiger partial charge is 0.310 e. The van der Waals surface area contributed by atoms with Crippen molar-refractivity contribution < 1.29 is 4.79 Å². The summed E-state index contributed by atoms with van der Waals surface area (Å²) >= 11 is 3.40. The standard InChI is InChI=1S/C13H15BrN2O/c1-7-11(14)2-3-12(15-7)16-13(17)10-5-8-4-9(8)6-10/h2-3,8-10H,4-6H2,1H3,(H,15,16,17). The second-order valence-electron chi connectivity index (χ2n) is 5.18. The number of aromatic nitrogens is 1. The Balaban J connectivity index is 1.65. The number of hydrogen-bond acceptors (Lipinski definition) is 2. The maximum atomic E-state index is 12.0. The number of hydrogen-bond donors (Lipinski definition) is 1. The minimum Gasteiger partial charge on any atom is -0.310 e. The fourth-order valence-corrected chi connectivity index (χ4v) is 2.99. The van der Waals surface area contributed by atoms with Gasteiger partial charge in [-0.2, -0.15) is 0 Å². The van der Waals surface area contributed by atoms with Crippen LogP contribution in [0.2, 0.25) is 0 Å². The molecular weight excluding hydrogens is 280 g/mol. The number of rotatable bonds is 2. The molecule has 0 saturated heterocycles. The van der Waals surface area contributed by atoms with Gasteiger partial charge in [0.05, 0.1) is 5.69 Å². The molecule has 2 aliphatic carbocycles. The first-order valence-corrected chi connectivity index (χ1v) is 6.87. The van der Waals surface area contributed by atoms with Crippen molar-refractivity contribution in [3.63, 3.8) is 0 Å². The van der Waals surface area contributed by atoms with Crippen molar-refractivity contribution in [2.75, 3.05) is 5.32 Å². The van der Waals surface area contributed by atoms with Gasteiger partial charge in [-0.15, -0.1) is 0 Å². The van der Waals surface area contributed by atoms with Crippen LogP contribution in [0, 0.1) is 24.7 Å². The molecule has 3 nitrogen and oxygen atoms in total. The zero-order valence-electron chi connectivity index (χ0n) is 9.74. The molecule has 90 valence electrons. The molecule has 1 heterocycles. The van der Waals surface area contributed by atoms with Gasteiger partial charge in [0.2, 0.25) is 5.91 Å².